The maximum Gasteiger partial charge on any atom is 0.405 e. The molecule has 0 aliphatic carbocycles. The van der Waals surface area contributed by atoms with Crippen LogP contribution in [0.3, 0.4) is 0 Å². The van der Waals surface area contributed by atoms with Gasteiger partial charge in [0.25, 0.3) is 0 Å². The number of aromatic nitrogens is 2. The SMILES string of the molecule is Cc1cc(N(C)CC(F)(F)F)nc(Cl)n1. The van der Waals surface area contributed by atoms with E-state index in [1.54, 1.807) is 6.92 Å². The van der Waals surface area contributed by atoms with Gasteiger partial charge in [-0.3, -0.25) is 0 Å². The third-order valence-corrected chi connectivity index (χ3v) is 1.79. The molecular formula is C8H9ClF3N3. The van der Waals surface area contributed by atoms with E-state index in [0.717, 1.165) is 4.90 Å². The molecule has 0 atom stereocenters. The summed E-state index contributed by atoms with van der Waals surface area (Å²) in [5.74, 6) is 0.157. The zero-order valence-electron chi connectivity index (χ0n) is 8.14. The predicted molar refractivity (Wildman–Crippen MR) is 51.1 cm³/mol. The van der Waals surface area contributed by atoms with Gasteiger partial charge in [0.1, 0.15) is 12.4 Å². The minimum atomic E-state index is -4.26. The average Bonchev–Trinajstić information content (AvgIpc) is 1.98. The molecule has 84 valence electrons. The van der Waals surface area contributed by atoms with Gasteiger partial charge in [0.05, 0.1) is 0 Å². The topological polar surface area (TPSA) is 29.0 Å². The first-order valence-corrected chi connectivity index (χ1v) is 4.45. The minimum Gasteiger partial charge on any atom is -0.350 e. The largest absolute Gasteiger partial charge is 0.405 e. The van der Waals surface area contributed by atoms with Crippen molar-refractivity contribution in [3.05, 3.63) is 17.0 Å². The molecule has 0 amide bonds. The molecule has 0 N–H and O–H groups in total. The molecule has 0 bridgehead atoms. The van der Waals surface area contributed by atoms with Gasteiger partial charge in [0.15, 0.2) is 0 Å². The van der Waals surface area contributed by atoms with Crippen LogP contribution in [0.2, 0.25) is 5.28 Å². The number of hydrogen-bond donors (Lipinski definition) is 0. The third kappa shape index (κ3) is 3.91. The lowest BCUT2D eigenvalue weighted by molar-refractivity contribution is -0.119. The Labute approximate surface area is 89.9 Å². The van der Waals surface area contributed by atoms with Crippen LogP contribution in [0.1, 0.15) is 5.69 Å². The number of nitrogens with zero attached hydrogens (tertiary/aromatic N) is 3. The molecular weight excluding hydrogens is 231 g/mol. The molecule has 0 saturated carbocycles. The molecule has 7 heteroatoms. The summed E-state index contributed by atoms with van der Waals surface area (Å²) in [6.07, 6.45) is -4.26. The van der Waals surface area contributed by atoms with Gasteiger partial charge in [-0.25, -0.2) is 9.97 Å². The molecule has 1 rings (SSSR count). The second-order valence-corrected chi connectivity index (χ2v) is 3.45. The third-order valence-electron chi connectivity index (χ3n) is 1.62. The van der Waals surface area contributed by atoms with Gasteiger partial charge in [0, 0.05) is 18.8 Å². The number of anilines is 1. The fraction of sp³-hybridized carbons (Fsp3) is 0.500. The van der Waals surface area contributed by atoms with Gasteiger partial charge in [-0.05, 0) is 18.5 Å². The summed E-state index contributed by atoms with van der Waals surface area (Å²) in [6.45, 7) is 0.568. The number of aryl methyl sites for hydroxylation is 1. The van der Waals surface area contributed by atoms with Crippen molar-refractivity contribution in [2.75, 3.05) is 18.5 Å². The second kappa shape index (κ2) is 4.22. The quantitative estimate of drug-likeness (QED) is 0.743. The molecule has 0 saturated heterocycles. The van der Waals surface area contributed by atoms with Crippen molar-refractivity contribution in [2.24, 2.45) is 0 Å². The van der Waals surface area contributed by atoms with Crippen molar-refractivity contribution in [2.45, 2.75) is 13.1 Å². The van der Waals surface area contributed by atoms with Crippen LogP contribution in [0.15, 0.2) is 6.07 Å². The summed E-state index contributed by atoms with van der Waals surface area (Å²) in [7, 11) is 1.30. The van der Waals surface area contributed by atoms with Gasteiger partial charge in [-0.2, -0.15) is 13.2 Å². The van der Waals surface area contributed by atoms with Crippen molar-refractivity contribution in [3.63, 3.8) is 0 Å². The molecule has 1 aromatic rings. The summed E-state index contributed by atoms with van der Waals surface area (Å²) in [5.41, 5.74) is 0.527. The lowest BCUT2D eigenvalue weighted by Crippen LogP contribution is -2.31. The minimum absolute atomic E-state index is 0.0565. The number of halogens is 4. The van der Waals surface area contributed by atoms with E-state index in [0.29, 0.717) is 5.69 Å². The Balaban J connectivity index is 2.86. The van der Waals surface area contributed by atoms with Crippen LogP contribution in [-0.2, 0) is 0 Å². The number of rotatable bonds is 2. The zero-order valence-corrected chi connectivity index (χ0v) is 8.89. The molecule has 0 radical (unpaired) electrons. The van der Waals surface area contributed by atoms with Gasteiger partial charge in [0.2, 0.25) is 5.28 Å². The molecule has 1 aromatic heterocycles. The van der Waals surface area contributed by atoms with Crippen molar-refractivity contribution in [1.82, 2.24) is 9.97 Å². The predicted octanol–water partition coefficient (Wildman–Crippen LogP) is 2.44. The summed E-state index contributed by atoms with van der Waals surface area (Å²) in [6, 6.07) is 1.44. The van der Waals surface area contributed by atoms with E-state index in [1.807, 2.05) is 0 Å². The van der Waals surface area contributed by atoms with E-state index < -0.39 is 12.7 Å². The highest BCUT2D eigenvalue weighted by Crippen LogP contribution is 2.20. The molecule has 0 aromatic carbocycles. The maximum absolute atomic E-state index is 12.1. The Morgan fingerprint density at radius 2 is 2.00 bits per heavy atom. The average molecular weight is 240 g/mol. The van der Waals surface area contributed by atoms with Crippen LogP contribution in [-0.4, -0.2) is 29.7 Å². The van der Waals surface area contributed by atoms with Gasteiger partial charge < -0.3 is 4.90 Å². The second-order valence-electron chi connectivity index (χ2n) is 3.11. The summed E-state index contributed by atoms with van der Waals surface area (Å²) in [5, 5.41) is -0.0565. The van der Waals surface area contributed by atoms with Crippen LogP contribution in [0.5, 0.6) is 0 Å². The van der Waals surface area contributed by atoms with Crippen molar-refractivity contribution in [1.29, 1.82) is 0 Å². The molecule has 0 aliphatic rings. The molecule has 3 nitrogen and oxygen atoms in total. The first-order valence-electron chi connectivity index (χ1n) is 4.07. The van der Waals surface area contributed by atoms with Crippen molar-refractivity contribution in [3.8, 4) is 0 Å². The van der Waals surface area contributed by atoms with Crippen LogP contribution in [0.4, 0.5) is 19.0 Å². The van der Waals surface area contributed by atoms with Crippen LogP contribution in [0.25, 0.3) is 0 Å². The highest BCUT2D eigenvalue weighted by atomic mass is 35.5. The Bertz CT molecular complexity index is 333. The lowest BCUT2D eigenvalue weighted by atomic mass is 10.4. The van der Waals surface area contributed by atoms with E-state index in [1.165, 1.54) is 13.1 Å². The molecule has 1 heterocycles. The molecule has 15 heavy (non-hydrogen) atoms. The van der Waals surface area contributed by atoms with E-state index in [4.69, 9.17) is 11.6 Å². The monoisotopic (exact) mass is 239 g/mol. The van der Waals surface area contributed by atoms with E-state index in [2.05, 4.69) is 9.97 Å². The Morgan fingerprint density at radius 3 is 2.47 bits per heavy atom. The molecule has 0 fully saturated rings. The Kier molecular flexibility index (Phi) is 3.38. The fourth-order valence-electron chi connectivity index (χ4n) is 1.06. The number of alkyl halides is 3. The Morgan fingerprint density at radius 1 is 1.40 bits per heavy atom. The summed E-state index contributed by atoms with van der Waals surface area (Å²) < 4.78 is 36.2. The van der Waals surface area contributed by atoms with E-state index in [9.17, 15) is 13.2 Å². The molecule has 0 aliphatic heterocycles. The highest BCUT2D eigenvalue weighted by Gasteiger charge is 2.29. The standard InChI is InChI=1S/C8H9ClF3N3/c1-5-3-6(14-7(9)13-5)15(2)4-8(10,11)12/h3H,4H2,1-2H3. The maximum atomic E-state index is 12.1. The molecule has 0 unspecified atom stereocenters. The van der Waals surface area contributed by atoms with Crippen molar-refractivity contribution < 1.29 is 13.2 Å². The summed E-state index contributed by atoms with van der Waals surface area (Å²) in [4.78, 5) is 8.43. The summed E-state index contributed by atoms with van der Waals surface area (Å²) >= 11 is 5.54. The first-order chi connectivity index (χ1) is 6.78. The number of hydrogen-bond acceptors (Lipinski definition) is 3. The van der Waals surface area contributed by atoms with Crippen LogP contribution < -0.4 is 4.90 Å². The first kappa shape index (κ1) is 12.0. The van der Waals surface area contributed by atoms with Gasteiger partial charge in [-0.15, -0.1) is 0 Å². The van der Waals surface area contributed by atoms with E-state index >= 15 is 0 Å². The van der Waals surface area contributed by atoms with E-state index in [-0.39, 0.29) is 11.1 Å². The van der Waals surface area contributed by atoms with Crippen molar-refractivity contribution >= 4 is 17.4 Å². The normalized spacial score (nSPS) is 11.6. The van der Waals surface area contributed by atoms with Gasteiger partial charge in [-0.1, -0.05) is 0 Å². The van der Waals surface area contributed by atoms with Crippen LogP contribution in [0, 0.1) is 6.92 Å². The fourth-order valence-corrected chi connectivity index (χ4v) is 1.28. The Hall–Kier alpha value is -1.04. The van der Waals surface area contributed by atoms with Gasteiger partial charge >= 0.3 is 6.18 Å². The molecule has 0 spiro atoms. The zero-order chi connectivity index (χ0) is 11.6. The smallest absolute Gasteiger partial charge is 0.350 e. The highest BCUT2D eigenvalue weighted by molar-refractivity contribution is 6.28. The van der Waals surface area contributed by atoms with Crippen LogP contribution >= 0.6 is 11.6 Å². The lowest BCUT2D eigenvalue weighted by Gasteiger charge is -2.19.